The fraction of sp³-hybridized carbons (Fsp3) is 0.500. The predicted octanol–water partition coefficient (Wildman–Crippen LogP) is 1.07. The maximum Gasteiger partial charge on any atom is 0.329 e. The van der Waals surface area contributed by atoms with Crippen LogP contribution >= 0.6 is 24.8 Å². The molecule has 2 rings (SSSR count). The van der Waals surface area contributed by atoms with Crippen LogP contribution in [0.1, 0.15) is 37.0 Å². The van der Waals surface area contributed by atoms with E-state index < -0.39 is 11.2 Å². The minimum absolute atomic E-state index is 0. The molecule has 26 heavy (non-hydrogen) atoms. The van der Waals surface area contributed by atoms with Crippen molar-refractivity contribution in [2.24, 2.45) is 0 Å². The highest BCUT2D eigenvalue weighted by molar-refractivity contribution is 5.96. The Morgan fingerprint density at radius 2 is 1.88 bits per heavy atom. The number of nitrogens with one attached hydrogen (secondary N) is 3. The Labute approximate surface area is 163 Å². The largest absolute Gasteiger partial charge is 0.351 e. The smallest absolute Gasteiger partial charge is 0.329 e. The van der Waals surface area contributed by atoms with Gasteiger partial charge in [-0.2, -0.15) is 0 Å². The number of nitrogens with zero attached hydrogens (tertiary/aromatic N) is 2. The van der Waals surface area contributed by atoms with Gasteiger partial charge in [-0.25, -0.2) is 9.78 Å². The molecule has 0 bridgehead atoms. The molecule has 2 aromatic rings. The zero-order chi connectivity index (χ0) is 17.5. The van der Waals surface area contributed by atoms with Crippen molar-refractivity contribution in [2.75, 3.05) is 19.6 Å². The molecule has 1 amide bonds. The molecule has 0 fully saturated rings. The Hall–Kier alpha value is -1.90. The third-order valence-electron chi connectivity index (χ3n) is 3.56. The van der Waals surface area contributed by atoms with Crippen molar-refractivity contribution < 1.29 is 4.79 Å². The van der Waals surface area contributed by atoms with Crippen LogP contribution in [0.5, 0.6) is 0 Å². The van der Waals surface area contributed by atoms with E-state index in [0.717, 1.165) is 19.4 Å². The number of aryl methyl sites for hydroxylation is 1. The van der Waals surface area contributed by atoms with Crippen LogP contribution in [0.2, 0.25) is 0 Å². The normalized spacial score (nSPS) is 10.1. The number of pyridine rings is 1. The number of carbonyl (C=O) groups is 1. The van der Waals surface area contributed by atoms with E-state index in [0.29, 0.717) is 30.8 Å². The number of aromatic amines is 1. The van der Waals surface area contributed by atoms with E-state index in [1.54, 1.807) is 0 Å². The maximum absolute atomic E-state index is 12.2. The second-order valence-corrected chi connectivity index (χ2v) is 5.51. The van der Waals surface area contributed by atoms with Gasteiger partial charge in [-0.05, 0) is 25.5 Å². The Morgan fingerprint density at radius 3 is 2.54 bits per heavy atom. The van der Waals surface area contributed by atoms with E-state index in [9.17, 15) is 14.4 Å². The fourth-order valence-corrected chi connectivity index (χ4v) is 2.39. The van der Waals surface area contributed by atoms with Gasteiger partial charge >= 0.3 is 5.69 Å². The van der Waals surface area contributed by atoms with Gasteiger partial charge in [-0.15, -0.1) is 24.8 Å². The first kappa shape index (κ1) is 24.1. The lowest BCUT2D eigenvalue weighted by Gasteiger charge is -2.09. The van der Waals surface area contributed by atoms with Crippen LogP contribution in [-0.4, -0.2) is 40.1 Å². The molecule has 0 aliphatic carbocycles. The number of aromatic nitrogens is 3. The molecule has 0 atom stereocenters. The number of rotatable bonds is 8. The van der Waals surface area contributed by atoms with E-state index in [1.165, 1.54) is 16.8 Å². The summed E-state index contributed by atoms with van der Waals surface area (Å²) in [7, 11) is 0. The van der Waals surface area contributed by atoms with Gasteiger partial charge in [-0.1, -0.05) is 13.8 Å². The van der Waals surface area contributed by atoms with Gasteiger partial charge in [0.05, 0.1) is 10.9 Å². The van der Waals surface area contributed by atoms with Crippen LogP contribution in [0.3, 0.4) is 0 Å². The molecule has 3 N–H and O–H groups in total. The lowest BCUT2D eigenvalue weighted by molar-refractivity contribution is 0.0953. The Morgan fingerprint density at radius 1 is 1.15 bits per heavy atom. The van der Waals surface area contributed by atoms with Crippen molar-refractivity contribution in [3.63, 3.8) is 0 Å². The van der Waals surface area contributed by atoms with Crippen LogP contribution in [-0.2, 0) is 6.54 Å². The van der Waals surface area contributed by atoms with Crippen LogP contribution < -0.4 is 21.9 Å². The molecule has 0 aliphatic heterocycles. The number of hydrogen-bond acceptors (Lipinski definition) is 5. The number of fused-ring (bicyclic) bond motifs is 1. The highest BCUT2D eigenvalue weighted by Crippen LogP contribution is 2.08. The first-order chi connectivity index (χ1) is 11.6. The predicted molar refractivity (Wildman–Crippen MR) is 107 cm³/mol. The second kappa shape index (κ2) is 11.7. The molecular formula is C16H25Cl2N5O3. The molecule has 0 unspecified atom stereocenters. The van der Waals surface area contributed by atoms with E-state index in [1.807, 2.05) is 6.92 Å². The van der Waals surface area contributed by atoms with Gasteiger partial charge in [-0.3, -0.25) is 19.1 Å². The maximum atomic E-state index is 12.2. The summed E-state index contributed by atoms with van der Waals surface area (Å²) >= 11 is 0. The first-order valence-electron chi connectivity index (χ1n) is 8.20. The van der Waals surface area contributed by atoms with Crippen molar-refractivity contribution in [1.82, 2.24) is 25.2 Å². The van der Waals surface area contributed by atoms with E-state index in [2.05, 4.69) is 27.5 Å². The quantitative estimate of drug-likeness (QED) is 0.569. The summed E-state index contributed by atoms with van der Waals surface area (Å²) in [6.07, 6.45) is 3.16. The zero-order valence-electron chi connectivity index (χ0n) is 14.8. The summed E-state index contributed by atoms with van der Waals surface area (Å²) in [6.45, 7) is 6.52. The van der Waals surface area contributed by atoms with Crippen molar-refractivity contribution in [2.45, 2.75) is 33.2 Å². The number of carbonyl (C=O) groups excluding carboxylic acids is 1. The molecular weight excluding hydrogens is 381 g/mol. The van der Waals surface area contributed by atoms with Crippen molar-refractivity contribution >= 4 is 41.8 Å². The topological polar surface area (TPSA) is 109 Å². The average molecular weight is 406 g/mol. The number of hydrogen-bond donors (Lipinski definition) is 3. The summed E-state index contributed by atoms with van der Waals surface area (Å²) in [6, 6.07) is 1.47. The Bertz CT molecular complexity index is 835. The van der Waals surface area contributed by atoms with E-state index >= 15 is 0 Å². The van der Waals surface area contributed by atoms with Gasteiger partial charge in [0.2, 0.25) is 0 Å². The van der Waals surface area contributed by atoms with Crippen LogP contribution in [0.15, 0.2) is 21.9 Å². The summed E-state index contributed by atoms with van der Waals surface area (Å²) in [4.78, 5) is 42.5. The van der Waals surface area contributed by atoms with Crippen molar-refractivity contribution in [3.8, 4) is 0 Å². The summed E-state index contributed by atoms with van der Waals surface area (Å²) < 4.78 is 1.41. The Kier molecular flexibility index (Phi) is 10.8. The van der Waals surface area contributed by atoms with Crippen molar-refractivity contribution in [3.05, 3.63) is 38.7 Å². The molecule has 2 heterocycles. The first-order valence-corrected chi connectivity index (χ1v) is 8.20. The van der Waals surface area contributed by atoms with Crippen LogP contribution in [0.25, 0.3) is 11.0 Å². The molecule has 0 saturated carbocycles. The van der Waals surface area contributed by atoms with E-state index in [4.69, 9.17) is 0 Å². The number of amides is 1. The zero-order valence-corrected chi connectivity index (χ0v) is 16.5. The molecule has 0 aromatic carbocycles. The lowest BCUT2D eigenvalue weighted by atomic mass is 10.2. The Balaban J connectivity index is 0.00000312. The standard InChI is InChI=1S/C16H23N5O3.2ClH/c1-3-5-17-6-7-18-14(22)11-9-12-13(19-10-11)21(8-4-2)16(24)20-15(12)23;;/h9-10,17H,3-8H2,1-2H3,(H,18,22)(H,20,23,24);2*1H. The third-order valence-corrected chi connectivity index (χ3v) is 3.56. The average Bonchev–Trinajstić information content (AvgIpc) is 2.58. The molecule has 0 aliphatic rings. The summed E-state index contributed by atoms with van der Waals surface area (Å²) in [5.41, 5.74) is -0.424. The molecule has 0 saturated heterocycles. The molecule has 146 valence electrons. The minimum atomic E-state index is -0.533. The van der Waals surface area contributed by atoms with Gasteiger partial charge < -0.3 is 10.6 Å². The molecule has 0 spiro atoms. The van der Waals surface area contributed by atoms with Gasteiger partial charge in [0.1, 0.15) is 5.65 Å². The summed E-state index contributed by atoms with van der Waals surface area (Å²) in [5.74, 6) is -0.296. The van der Waals surface area contributed by atoms with Gasteiger partial charge in [0.15, 0.2) is 0 Å². The second-order valence-electron chi connectivity index (χ2n) is 5.51. The monoisotopic (exact) mass is 405 g/mol. The van der Waals surface area contributed by atoms with Crippen LogP contribution in [0.4, 0.5) is 0 Å². The fourth-order valence-electron chi connectivity index (χ4n) is 2.39. The third kappa shape index (κ3) is 5.82. The lowest BCUT2D eigenvalue weighted by Crippen LogP contribution is -2.33. The molecule has 0 radical (unpaired) electrons. The number of halogens is 2. The SMILES string of the molecule is CCCNCCNC(=O)c1cnc2c(c1)c(=O)[nH]c(=O)n2CCC.Cl.Cl. The minimum Gasteiger partial charge on any atom is -0.351 e. The molecule has 8 nitrogen and oxygen atoms in total. The van der Waals surface area contributed by atoms with Crippen LogP contribution in [0, 0.1) is 0 Å². The van der Waals surface area contributed by atoms with Gasteiger partial charge in [0.25, 0.3) is 11.5 Å². The van der Waals surface area contributed by atoms with Crippen molar-refractivity contribution in [1.29, 1.82) is 0 Å². The van der Waals surface area contributed by atoms with Gasteiger partial charge in [0, 0.05) is 25.8 Å². The summed E-state index contributed by atoms with van der Waals surface area (Å²) in [5, 5.41) is 6.19. The number of H-pyrrole nitrogens is 1. The highest BCUT2D eigenvalue weighted by Gasteiger charge is 2.12. The molecule has 10 heteroatoms. The van der Waals surface area contributed by atoms with E-state index in [-0.39, 0.29) is 36.1 Å². The highest BCUT2D eigenvalue weighted by atomic mass is 35.5. The molecule has 2 aromatic heterocycles.